The van der Waals surface area contributed by atoms with Crippen LogP contribution in [0.15, 0.2) is 30.3 Å². The summed E-state index contributed by atoms with van der Waals surface area (Å²) in [6, 6.07) is 10.8. The maximum absolute atomic E-state index is 4.54. The summed E-state index contributed by atoms with van der Waals surface area (Å²) >= 11 is 0. The van der Waals surface area contributed by atoms with E-state index < -0.39 is 0 Å². The molecule has 2 N–H and O–H groups in total. The van der Waals surface area contributed by atoms with Crippen LogP contribution >= 0.6 is 0 Å². The lowest BCUT2D eigenvalue weighted by molar-refractivity contribution is 0.780. The molecule has 0 bridgehead atoms. The molecule has 1 aromatic heterocycles. The monoisotopic (exact) mass is 284 g/mol. The van der Waals surface area contributed by atoms with Crippen LogP contribution in [-0.2, 0) is 6.42 Å². The summed E-state index contributed by atoms with van der Waals surface area (Å²) in [6.45, 7) is 9.08. The van der Waals surface area contributed by atoms with Crippen LogP contribution in [0.4, 0.5) is 11.6 Å². The zero-order chi connectivity index (χ0) is 15.2. The number of hydrogen-bond acceptors (Lipinski definition) is 4. The molecule has 0 radical (unpaired) electrons. The Hall–Kier alpha value is -2.10. The minimum Gasteiger partial charge on any atom is -0.370 e. The van der Waals surface area contributed by atoms with E-state index in [1.54, 1.807) is 0 Å². The third-order valence-corrected chi connectivity index (χ3v) is 3.37. The van der Waals surface area contributed by atoms with Crippen molar-refractivity contribution in [3.05, 3.63) is 47.3 Å². The number of nitrogens with one attached hydrogen (secondary N) is 2. The number of nitrogens with zero attached hydrogens (tertiary/aromatic N) is 2. The average molecular weight is 284 g/mol. The molecule has 1 aromatic carbocycles. The maximum Gasteiger partial charge on any atom is 0.134 e. The van der Waals surface area contributed by atoms with Crippen LogP contribution in [0.2, 0.25) is 0 Å². The van der Waals surface area contributed by atoms with E-state index in [0.29, 0.717) is 6.04 Å². The smallest absolute Gasteiger partial charge is 0.134 e. The van der Waals surface area contributed by atoms with Gasteiger partial charge < -0.3 is 10.6 Å². The third-order valence-electron chi connectivity index (χ3n) is 3.37. The Bertz CT molecular complexity index is 581. The lowest BCUT2D eigenvalue weighted by Gasteiger charge is -2.18. The van der Waals surface area contributed by atoms with E-state index in [9.17, 15) is 0 Å². The molecule has 1 heterocycles. The molecule has 2 aromatic rings. The van der Waals surface area contributed by atoms with Gasteiger partial charge in [0.05, 0.1) is 0 Å². The molecule has 4 nitrogen and oxygen atoms in total. The van der Waals surface area contributed by atoms with Crippen molar-refractivity contribution in [3.63, 3.8) is 0 Å². The minimum absolute atomic E-state index is 0.315. The average Bonchev–Trinajstić information content (AvgIpc) is 2.45. The Morgan fingerprint density at radius 1 is 1.05 bits per heavy atom. The first-order valence-electron chi connectivity index (χ1n) is 7.49. The van der Waals surface area contributed by atoms with Gasteiger partial charge in [0, 0.05) is 18.2 Å². The Labute approximate surface area is 127 Å². The summed E-state index contributed by atoms with van der Waals surface area (Å²) in [5.41, 5.74) is 2.40. The maximum atomic E-state index is 4.54. The Morgan fingerprint density at radius 3 is 2.38 bits per heavy atom. The predicted molar refractivity (Wildman–Crippen MR) is 88.9 cm³/mol. The highest BCUT2D eigenvalue weighted by Crippen LogP contribution is 2.21. The Morgan fingerprint density at radius 2 is 1.71 bits per heavy atom. The fraction of sp³-hybridized carbons (Fsp3) is 0.412. The molecule has 0 saturated heterocycles. The fourth-order valence-electron chi connectivity index (χ4n) is 2.36. The molecular weight excluding hydrogens is 260 g/mol. The van der Waals surface area contributed by atoms with Gasteiger partial charge in [-0.05, 0) is 39.7 Å². The van der Waals surface area contributed by atoms with E-state index in [1.165, 1.54) is 5.56 Å². The largest absolute Gasteiger partial charge is 0.370 e. The highest BCUT2D eigenvalue weighted by molar-refractivity contribution is 5.57. The van der Waals surface area contributed by atoms with Crippen LogP contribution < -0.4 is 10.6 Å². The molecule has 21 heavy (non-hydrogen) atoms. The van der Waals surface area contributed by atoms with Crippen molar-refractivity contribution in [2.24, 2.45) is 0 Å². The predicted octanol–water partition coefficient (Wildman–Crippen LogP) is 3.57. The molecule has 0 fully saturated rings. The van der Waals surface area contributed by atoms with Crippen molar-refractivity contribution >= 4 is 11.6 Å². The van der Waals surface area contributed by atoms with Crippen LogP contribution in [0.1, 0.15) is 30.8 Å². The standard InChI is InChI=1S/C17H24N4/c1-5-18-16-13(3)17(21-14(4)20-16)19-12(2)11-15-9-7-6-8-10-15/h6-10,12H,5,11H2,1-4H3,(H2,18,19,20,21). The second kappa shape index (κ2) is 7.07. The molecule has 2 rings (SSSR count). The zero-order valence-corrected chi connectivity index (χ0v) is 13.3. The summed E-state index contributed by atoms with van der Waals surface area (Å²) < 4.78 is 0. The van der Waals surface area contributed by atoms with Gasteiger partial charge in [0.25, 0.3) is 0 Å². The third kappa shape index (κ3) is 4.18. The first kappa shape index (κ1) is 15.3. The van der Waals surface area contributed by atoms with Gasteiger partial charge in [-0.1, -0.05) is 30.3 Å². The van der Waals surface area contributed by atoms with Gasteiger partial charge >= 0.3 is 0 Å². The van der Waals surface area contributed by atoms with E-state index in [2.05, 4.69) is 65.6 Å². The van der Waals surface area contributed by atoms with Crippen LogP contribution in [0.3, 0.4) is 0 Å². The number of aryl methyl sites for hydroxylation is 1. The van der Waals surface area contributed by atoms with Gasteiger partial charge in [-0.2, -0.15) is 0 Å². The first-order chi connectivity index (χ1) is 10.1. The summed E-state index contributed by atoms with van der Waals surface area (Å²) in [7, 11) is 0. The molecule has 0 saturated carbocycles. The van der Waals surface area contributed by atoms with Gasteiger partial charge in [0.1, 0.15) is 17.5 Å². The summed E-state index contributed by atoms with van der Waals surface area (Å²) in [5.74, 6) is 2.62. The van der Waals surface area contributed by atoms with Gasteiger partial charge in [0.15, 0.2) is 0 Å². The minimum atomic E-state index is 0.315. The summed E-state index contributed by atoms with van der Waals surface area (Å²) in [4.78, 5) is 8.99. The molecule has 0 amide bonds. The molecule has 0 aliphatic carbocycles. The fourth-order valence-corrected chi connectivity index (χ4v) is 2.36. The number of rotatable bonds is 6. The van der Waals surface area contributed by atoms with Gasteiger partial charge in [-0.15, -0.1) is 0 Å². The van der Waals surface area contributed by atoms with Crippen LogP contribution in [0.25, 0.3) is 0 Å². The highest BCUT2D eigenvalue weighted by atomic mass is 15.1. The van der Waals surface area contributed by atoms with Crippen molar-refractivity contribution < 1.29 is 0 Å². The quantitative estimate of drug-likeness (QED) is 0.851. The van der Waals surface area contributed by atoms with Gasteiger partial charge in [0.2, 0.25) is 0 Å². The zero-order valence-electron chi connectivity index (χ0n) is 13.3. The van der Waals surface area contributed by atoms with E-state index in [-0.39, 0.29) is 0 Å². The molecule has 1 unspecified atom stereocenters. The number of hydrogen-bond donors (Lipinski definition) is 2. The number of benzene rings is 1. The Kier molecular flexibility index (Phi) is 5.14. The molecule has 112 valence electrons. The molecular formula is C17H24N4. The molecule has 0 aliphatic rings. The SMILES string of the molecule is CCNc1nc(C)nc(NC(C)Cc2ccccc2)c1C. The topological polar surface area (TPSA) is 49.8 Å². The molecule has 4 heteroatoms. The van der Waals surface area contributed by atoms with Gasteiger partial charge in [-0.25, -0.2) is 9.97 Å². The second-order valence-corrected chi connectivity index (χ2v) is 5.36. The lowest BCUT2D eigenvalue weighted by Crippen LogP contribution is -2.20. The number of anilines is 2. The second-order valence-electron chi connectivity index (χ2n) is 5.36. The molecule has 0 aliphatic heterocycles. The lowest BCUT2D eigenvalue weighted by atomic mass is 10.1. The van der Waals surface area contributed by atoms with Crippen molar-refractivity contribution in [1.29, 1.82) is 0 Å². The number of aromatic nitrogens is 2. The van der Waals surface area contributed by atoms with Crippen molar-refractivity contribution in [1.82, 2.24) is 9.97 Å². The van der Waals surface area contributed by atoms with Crippen LogP contribution in [-0.4, -0.2) is 22.6 Å². The normalized spacial score (nSPS) is 12.0. The molecule has 1 atom stereocenters. The van der Waals surface area contributed by atoms with Crippen molar-refractivity contribution in [2.75, 3.05) is 17.2 Å². The van der Waals surface area contributed by atoms with Crippen molar-refractivity contribution in [2.45, 2.75) is 40.2 Å². The van der Waals surface area contributed by atoms with Crippen LogP contribution in [0, 0.1) is 13.8 Å². The summed E-state index contributed by atoms with van der Waals surface area (Å²) in [5, 5.41) is 6.80. The van der Waals surface area contributed by atoms with Gasteiger partial charge in [-0.3, -0.25) is 0 Å². The Balaban J connectivity index is 2.11. The van der Waals surface area contributed by atoms with Crippen LogP contribution in [0.5, 0.6) is 0 Å². The van der Waals surface area contributed by atoms with E-state index in [1.807, 2.05) is 13.0 Å². The van der Waals surface area contributed by atoms with E-state index in [0.717, 1.165) is 36.0 Å². The van der Waals surface area contributed by atoms with E-state index >= 15 is 0 Å². The molecule has 0 spiro atoms. The van der Waals surface area contributed by atoms with Crippen molar-refractivity contribution in [3.8, 4) is 0 Å². The highest BCUT2D eigenvalue weighted by Gasteiger charge is 2.11. The van der Waals surface area contributed by atoms with E-state index in [4.69, 9.17) is 0 Å². The summed E-state index contributed by atoms with van der Waals surface area (Å²) in [6.07, 6.45) is 0.972. The first-order valence-corrected chi connectivity index (χ1v) is 7.49.